The van der Waals surface area contributed by atoms with Gasteiger partial charge in [0.05, 0.1) is 0 Å². The maximum Gasteiger partial charge on any atom is 0.248 e. The van der Waals surface area contributed by atoms with Gasteiger partial charge in [0.2, 0.25) is 17.8 Å². The lowest BCUT2D eigenvalue weighted by atomic mass is 10.7. The van der Waals surface area contributed by atoms with E-state index >= 15 is 0 Å². The molecule has 0 atom stereocenters. The van der Waals surface area contributed by atoms with E-state index in [4.69, 9.17) is 12.2 Å². The van der Waals surface area contributed by atoms with Crippen molar-refractivity contribution in [3.05, 3.63) is 0 Å². The molecule has 8 nitrogen and oxygen atoms in total. The Labute approximate surface area is 112 Å². The number of nitrogens with one attached hydrogen (secondary N) is 3. The SMILES string of the molecule is CNC(=S)NNc1nc(N(C)C)nc(N(C)C)n1. The van der Waals surface area contributed by atoms with Gasteiger partial charge in [0.15, 0.2) is 5.11 Å². The number of hydrogen-bond acceptors (Lipinski definition) is 7. The molecule has 1 rings (SSSR count). The third-order valence-corrected chi connectivity index (χ3v) is 2.23. The van der Waals surface area contributed by atoms with Crippen LogP contribution in [0.2, 0.25) is 0 Å². The number of hydrazine groups is 1. The van der Waals surface area contributed by atoms with Crippen LogP contribution in [0.4, 0.5) is 17.8 Å². The topological polar surface area (TPSA) is 81.2 Å². The summed E-state index contributed by atoms with van der Waals surface area (Å²) in [7, 11) is 9.18. The van der Waals surface area contributed by atoms with E-state index in [1.165, 1.54) is 0 Å². The minimum absolute atomic E-state index is 0.398. The first kappa shape index (κ1) is 14.2. The normalized spacial score (nSPS) is 9.61. The van der Waals surface area contributed by atoms with Crippen LogP contribution in [0, 0.1) is 0 Å². The maximum atomic E-state index is 4.95. The Bertz CT molecular complexity index is 393. The number of aromatic nitrogens is 3. The van der Waals surface area contributed by atoms with E-state index < -0.39 is 0 Å². The Hall–Kier alpha value is -1.90. The molecule has 0 radical (unpaired) electrons. The summed E-state index contributed by atoms with van der Waals surface area (Å²) in [6.45, 7) is 0. The fraction of sp³-hybridized carbons (Fsp3) is 0.556. The van der Waals surface area contributed by atoms with Crippen molar-refractivity contribution >= 4 is 35.2 Å². The summed E-state index contributed by atoms with van der Waals surface area (Å²) in [6.07, 6.45) is 0. The Morgan fingerprint density at radius 3 is 1.89 bits per heavy atom. The molecule has 0 aromatic carbocycles. The molecule has 0 saturated heterocycles. The second-order valence-corrected chi connectivity index (χ2v) is 4.29. The molecule has 100 valence electrons. The number of hydrogen-bond donors (Lipinski definition) is 3. The molecule has 0 bridgehead atoms. The molecule has 9 heteroatoms. The van der Waals surface area contributed by atoms with Gasteiger partial charge in [-0.2, -0.15) is 15.0 Å². The Kier molecular flexibility index (Phi) is 4.84. The molecule has 1 aromatic heterocycles. The van der Waals surface area contributed by atoms with Crippen LogP contribution in [-0.2, 0) is 0 Å². The zero-order valence-corrected chi connectivity index (χ0v) is 12.0. The average Bonchev–Trinajstić information content (AvgIpc) is 2.35. The van der Waals surface area contributed by atoms with Crippen molar-refractivity contribution in [2.45, 2.75) is 0 Å². The van der Waals surface area contributed by atoms with Crippen LogP contribution in [0.3, 0.4) is 0 Å². The number of nitrogens with zero attached hydrogens (tertiary/aromatic N) is 5. The standard InChI is InChI=1S/C9H18N8S/c1-10-9(18)15-14-6-11-7(16(2)3)13-8(12-6)17(4)5/h1-5H3,(H2,10,15,18)(H,11,12,13,14). The van der Waals surface area contributed by atoms with Gasteiger partial charge < -0.3 is 15.1 Å². The van der Waals surface area contributed by atoms with Gasteiger partial charge in [0.25, 0.3) is 0 Å². The van der Waals surface area contributed by atoms with Crippen LogP contribution in [0.15, 0.2) is 0 Å². The largest absolute Gasteiger partial charge is 0.364 e. The molecule has 0 spiro atoms. The molecule has 0 aliphatic heterocycles. The summed E-state index contributed by atoms with van der Waals surface area (Å²) in [5, 5.41) is 3.23. The fourth-order valence-corrected chi connectivity index (χ4v) is 1.04. The van der Waals surface area contributed by atoms with E-state index in [1.807, 2.05) is 28.2 Å². The van der Waals surface area contributed by atoms with E-state index in [0.29, 0.717) is 23.0 Å². The average molecular weight is 270 g/mol. The second-order valence-electron chi connectivity index (χ2n) is 3.88. The number of rotatable bonds is 4. The molecule has 1 heterocycles. The zero-order valence-electron chi connectivity index (χ0n) is 11.1. The first-order valence-corrected chi connectivity index (χ1v) is 5.69. The van der Waals surface area contributed by atoms with Gasteiger partial charge in [-0.1, -0.05) is 0 Å². The van der Waals surface area contributed by atoms with Crippen LogP contribution in [-0.4, -0.2) is 55.3 Å². The van der Waals surface area contributed by atoms with Crippen molar-refractivity contribution in [2.75, 3.05) is 50.5 Å². The third kappa shape index (κ3) is 3.84. The smallest absolute Gasteiger partial charge is 0.248 e. The quantitative estimate of drug-likeness (QED) is 0.492. The van der Waals surface area contributed by atoms with Crippen LogP contribution in [0.5, 0.6) is 0 Å². The predicted octanol–water partition coefficient (Wildman–Crippen LogP) is -0.576. The summed E-state index contributed by atoms with van der Waals surface area (Å²) in [5.74, 6) is 1.52. The van der Waals surface area contributed by atoms with Gasteiger partial charge in [-0.15, -0.1) is 0 Å². The van der Waals surface area contributed by atoms with Crippen LogP contribution in [0.1, 0.15) is 0 Å². The summed E-state index contributed by atoms with van der Waals surface area (Å²) in [4.78, 5) is 16.4. The first-order chi connectivity index (χ1) is 8.43. The van der Waals surface area contributed by atoms with E-state index in [2.05, 4.69) is 31.1 Å². The van der Waals surface area contributed by atoms with E-state index in [1.54, 1.807) is 16.8 Å². The minimum atomic E-state index is 0.398. The van der Waals surface area contributed by atoms with E-state index in [9.17, 15) is 0 Å². The summed E-state index contributed by atoms with van der Waals surface area (Å²) in [5.41, 5.74) is 5.58. The van der Waals surface area contributed by atoms with Gasteiger partial charge in [0.1, 0.15) is 0 Å². The molecular formula is C9H18N8S. The molecule has 0 amide bonds. The summed E-state index contributed by atoms with van der Waals surface area (Å²) in [6, 6.07) is 0. The maximum absolute atomic E-state index is 4.95. The fourth-order valence-electron chi connectivity index (χ4n) is 0.985. The molecule has 0 aliphatic carbocycles. The highest BCUT2D eigenvalue weighted by molar-refractivity contribution is 7.80. The lowest BCUT2D eigenvalue weighted by Gasteiger charge is -2.17. The molecule has 3 N–H and O–H groups in total. The molecular weight excluding hydrogens is 252 g/mol. The van der Waals surface area contributed by atoms with Gasteiger partial charge in [0, 0.05) is 35.2 Å². The molecule has 0 saturated carbocycles. The highest BCUT2D eigenvalue weighted by atomic mass is 32.1. The van der Waals surface area contributed by atoms with Crippen molar-refractivity contribution in [1.29, 1.82) is 0 Å². The summed E-state index contributed by atoms with van der Waals surface area (Å²) >= 11 is 4.95. The van der Waals surface area contributed by atoms with E-state index in [-0.39, 0.29) is 0 Å². The Morgan fingerprint density at radius 2 is 1.50 bits per heavy atom. The molecule has 1 aromatic rings. The number of thiocarbonyl (C=S) groups is 1. The highest BCUT2D eigenvalue weighted by Gasteiger charge is 2.09. The molecule has 0 fully saturated rings. The van der Waals surface area contributed by atoms with Crippen LogP contribution in [0.25, 0.3) is 0 Å². The summed E-state index contributed by atoms with van der Waals surface area (Å²) < 4.78 is 0. The van der Waals surface area contributed by atoms with Crippen molar-refractivity contribution in [2.24, 2.45) is 0 Å². The third-order valence-electron chi connectivity index (χ3n) is 1.93. The van der Waals surface area contributed by atoms with Gasteiger partial charge >= 0.3 is 0 Å². The Morgan fingerprint density at radius 1 is 1.00 bits per heavy atom. The van der Waals surface area contributed by atoms with E-state index in [0.717, 1.165) is 0 Å². The van der Waals surface area contributed by atoms with Crippen molar-refractivity contribution in [3.8, 4) is 0 Å². The minimum Gasteiger partial charge on any atom is -0.364 e. The number of anilines is 3. The van der Waals surface area contributed by atoms with Gasteiger partial charge in [-0.25, -0.2) is 0 Å². The van der Waals surface area contributed by atoms with Crippen molar-refractivity contribution < 1.29 is 0 Å². The Balaban J connectivity index is 2.92. The molecule has 0 unspecified atom stereocenters. The van der Waals surface area contributed by atoms with Crippen LogP contribution >= 0.6 is 12.2 Å². The predicted molar refractivity (Wildman–Crippen MR) is 76.9 cm³/mol. The lowest BCUT2D eigenvalue weighted by Crippen LogP contribution is -2.37. The van der Waals surface area contributed by atoms with Crippen molar-refractivity contribution in [1.82, 2.24) is 25.7 Å². The molecule has 0 aliphatic rings. The van der Waals surface area contributed by atoms with Gasteiger partial charge in [-0.3, -0.25) is 10.9 Å². The highest BCUT2D eigenvalue weighted by Crippen LogP contribution is 2.12. The zero-order chi connectivity index (χ0) is 13.7. The van der Waals surface area contributed by atoms with Gasteiger partial charge in [-0.05, 0) is 12.2 Å². The second kappa shape index (κ2) is 6.15. The monoisotopic (exact) mass is 270 g/mol. The van der Waals surface area contributed by atoms with Crippen LogP contribution < -0.4 is 26.0 Å². The molecule has 18 heavy (non-hydrogen) atoms. The van der Waals surface area contributed by atoms with Crippen molar-refractivity contribution in [3.63, 3.8) is 0 Å². The first-order valence-electron chi connectivity index (χ1n) is 5.28. The lowest BCUT2D eigenvalue weighted by molar-refractivity contribution is 0.898.